The maximum absolute atomic E-state index is 13.4. The predicted molar refractivity (Wildman–Crippen MR) is 116 cm³/mol. The summed E-state index contributed by atoms with van der Waals surface area (Å²) in [7, 11) is 8.09. The maximum Gasteiger partial charge on any atom is 0.127 e. The molecule has 0 saturated carbocycles. The Labute approximate surface area is 166 Å². The molecule has 3 heteroatoms. The zero-order chi connectivity index (χ0) is 20.6. The first-order valence-electron chi connectivity index (χ1n) is 9.76. The van der Waals surface area contributed by atoms with E-state index in [0.717, 1.165) is 12.1 Å². The van der Waals surface area contributed by atoms with E-state index in [1.165, 1.54) is 16.7 Å². The molecule has 150 valence electrons. The van der Waals surface area contributed by atoms with Crippen LogP contribution in [0.4, 0.5) is 4.39 Å². The van der Waals surface area contributed by atoms with Gasteiger partial charge in [0.05, 0.1) is 0 Å². The molecule has 0 aliphatic rings. The molecule has 0 atom stereocenters. The lowest BCUT2D eigenvalue weighted by molar-refractivity contribution is 0.392. The highest BCUT2D eigenvalue weighted by Gasteiger charge is 2.06. The van der Waals surface area contributed by atoms with Crippen LogP contribution in [-0.2, 0) is 13.1 Å². The van der Waals surface area contributed by atoms with E-state index in [1.54, 1.807) is 6.07 Å². The lowest BCUT2D eigenvalue weighted by Gasteiger charge is -2.13. The number of halogens is 1. The second kappa shape index (κ2) is 11.2. The van der Waals surface area contributed by atoms with E-state index in [0.29, 0.717) is 18.4 Å². The molecule has 0 radical (unpaired) electrons. The largest absolute Gasteiger partial charge is 0.305 e. The first-order chi connectivity index (χ1) is 12.6. The van der Waals surface area contributed by atoms with Crippen LogP contribution in [0.15, 0.2) is 42.5 Å². The third kappa shape index (κ3) is 8.68. The summed E-state index contributed by atoms with van der Waals surface area (Å²) >= 11 is 0. The summed E-state index contributed by atoms with van der Waals surface area (Å²) in [5.74, 6) is 0.974. The van der Waals surface area contributed by atoms with Crippen molar-refractivity contribution in [1.29, 1.82) is 0 Å². The van der Waals surface area contributed by atoms with Gasteiger partial charge >= 0.3 is 0 Å². The Kier molecular flexibility index (Phi) is 9.68. The van der Waals surface area contributed by atoms with E-state index in [2.05, 4.69) is 71.0 Å². The van der Waals surface area contributed by atoms with Gasteiger partial charge in [-0.2, -0.15) is 0 Å². The quantitative estimate of drug-likeness (QED) is 0.624. The van der Waals surface area contributed by atoms with Crippen LogP contribution in [0.5, 0.6) is 0 Å². The van der Waals surface area contributed by atoms with Gasteiger partial charge in [-0.25, -0.2) is 4.39 Å². The predicted octanol–water partition coefficient (Wildman–Crippen LogP) is 5.88. The fraction of sp³-hybridized carbons (Fsp3) is 0.500. The second-order valence-corrected chi connectivity index (χ2v) is 8.38. The number of hydrogen-bond donors (Lipinski definition) is 0. The van der Waals surface area contributed by atoms with Gasteiger partial charge in [0.15, 0.2) is 0 Å². The highest BCUT2D eigenvalue weighted by molar-refractivity contribution is 5.27. The van der Waals surface area contributed by atoms with Gasteiger partial charge in [-0.3, -0.25) is 0 Å². The molecule has 0 N–H and O–H groups in total. The highest BCUT2D eigenvalue weighted by atomic mass is 19.1. The molecule has 0 aromatic heterocycles. The van der Waals surface area contributed by atoms with E-state index < -0.39 is 0 Å². The standard InChI is InChI=1S/C12H18FN.C12H19N/c1-9(2)10-5-6-12(13)11(7-10)8-14(3)4;1-10(2)12-7-5-6-11(8-12)9-13(3)4/h5-7,9H,8H2,1-4H3;5-8,10H,9H2,1-4H3. The summed E-state index contributed by atoms with van der Waals surface area (Å²) in [4.78, 5) is 4.17. The number of nitrogens with zero attached hydrogens (tertiary/aromatic N) is 2. The van der Waals surface area contributed by atoms with Crippen molar-refractivity contribution in [3.8, 4) is 0 Å². The van der Waals surface area contributed by atoms with E-state index in [-0.39, 0.29) is 5.82 Å². The third-order valence-corrected chi connectivity index (χ3v) is 4.34. The van der Waals surface area contributed by atoms with Crippen LogP contribution in [0.3, 0.4) is 0 Å². The van der Waals surface area contributed by atoms with Crippen molar-refractivity contribution in [2.75, 3.05) is 28.2 Å². The SMILES string of the molecule is CC(C)c1ccc(F)c(CN(C)C)c1.CC(C)c1cccc(CN(C)C)c1. The van der Waals surface area contributed by atoms with Gasteiger partial charge in [0.25, 0.3) is 0 Å². The van der Waals surface area contributed by atoms with Crippen molar-refractivity contribution in [2.45, 2.75) is 52.6 Å². The summed E-state index contributed by atoms with van der Waals surface area (Å²) < 4.78 is 13.4. The van der Waals surface area contributed by atoms with Crippen LogP contribution in [0, 0.1) is 5.82 Å². The molecule has 0 heterocycles. The van der Waals surface area contributed by atoms with E-state index in [4.69, 9.17) is 0 Å². The minimum absolute atomic E-state index is 0.108. The van der Waals surface area contributed by atoms with Crippen molar-refractivity contribution in [1.82, 2.24) is 9.80 Å². The van der Waals surface area contributed by atoms with Gasteiger partial charge in [-0.05, 0) is 62.8 Å². The molecule has 0 aliphatic carbocycles. The van der Waals surface area contributed by atoms with Crippen molar-refractivity contribution < 1.29 is 4.39 Å². The van der Waals surface area contributed by atoms with Crippen molar-refractivity contribution >= 4 is 0 Å². The third-order valence-electron chi connectivity index (χ3n) is 4.34. The fourth-order valence-electron chi connectivity index (χ4n) is 2.83. The van der Waals surface area contributed by atoms with E-state index >= 15 is 0 Å². The maximum atomic E-state index is 13.4. The summed E-state index contributed by atoms with van der Waals surface area (Å²) in [6.45, 7) is 10.4. The fourth-order valence-corrected chi connectivity index (χ4v) is 2.83. The Morgan fingerprint density at radius 2 is 1.30 bits per heavy atom. The normalized spacial score (nSPS) is 11.3. The Bertz CT molecular complexity index is 691. The van der Waals surface area contributed by atoms with E-state index in [1.807, 2.05) is 31.1 Å². The van der Waals surface area contributed by atoms with E-state index in [9.17, 15) is 4.39 Å². The zero-order valence-electron chi connectivity index (χ0n) is 18.4. The number of benzene rings is 2. The van der Waals surface area contributed by atoms with Crippen LogP contribution < -0.4 is 0 Å². The van der Waals surface area contributed by atoms with Crippen molar-refractivity contribution in [2.24, 2.45) is 0 Å². The minimum atomic E-state index is -0.108. The molecule has 27 heavy (non-hydrogen) atoms. The second-order valence-electron chi connectivity index (χ2n) is 8.38. The molecule has 0 aliphatic heterocycles. The Balaban J connectivity index is 0.000000271. The van der Waals surface area contributed by atoms with Crippen LogP contribution in [0.25, 0.3) is 0 Å². The molecule has 2 aromatic rings. The molecule has 2 nitrogen and oxygen atoms in total. The lowest BCUT2D eigenvalue weighted by Crippen LogP contribution is -2.12. The molecule has 0 bridgehead atoms. The monoisotopic (exact) mass is 372 g/mol. The lowest BCUT2D eigenvalue weighted by atomic mass is 10.0. The van der Waals surface area contributed by atoms with Gasteiger partial charge in [0, 0.05) is 18.7 Å². The van der Waals surface area contributed by atoms with Gasteiger partial charge in [0.1, 0.15) is 5.82 Å². The topological polar surface area (TPSA) is 6.48 Å². The first-order valence-corrected chi connectivity index (χ1v) is 9.76. The molecular weight excluding hydrogens is 335 g/mol. The molecule has 2 rings (SSSR count). The van der Waals surface area contributed by atoms with Gasteiger partial charge in [-0.1, -0.05) is 64.1 Å². The number of hydrogen-bond acceptors (Lipinski definition) is 2. The smallest absolute Gasteiger partial charge is 0.127 e. The van der Waals surface area contributed by atoms with Crippen LogP contribution in [0.1, 0.15) is 61.8 Å². The molecule has 2 aromatic carbocycles. The van der Waals surface area contributed by atoms with Gasteiger partial charge in [0.2, 0.25) is 0 Å². The zero-order valence-corrected chi connectivity index (χ0v) is 18.4. The molecule has 0 saturated heterocycles. The molecular formula is C24H37FN2. The summed E-state index contributed by atoms with van der Waals surface area (Å²) in [6, 6.07) is 14.2. The summed E-state index contributed by atoms with van der Waals surface area (Å²) in [6.07, 6.45) is 0. The highest BCUT2D eigenvalue weighted by Crippen LogP contribution is 2.19. The average molecular weight is 373 g/mol. The van der Waals surface area contributed by atoms with Crippen molar-refractivity contribution in [3.05, 3.63) is 70.5 Å². The van der Waals surface area contributed by atoms with Crippen LogP contribution >= 0.6 is 0 Å². The van der Waals surface area contributed by atoms with Gasteiger partial charge < -0.3 is 9.80 Å². The number of rotatable bonds is 6. The molecule has 0 amide bonds. The Morgan fingerprint density at radius 3 is 1.81 bits per heavy atom. The Hall–Kier alpha value is -1.71. The van der Waals surface area contributed by atoms with Crippen molar-refractivity contribution in [3.63, 3.8) is 0 Å². The van der Waals surface area contributed by atoms with Crippen LogP contribution in [-0.4, -0.2) is 38.0 Å². The first kappa shape index (κ1) is 23.3. The summed E-state index contributed by atoms with van der Waals surface area (Å²) in [5.41, 5.74) is 4.81. The molecule has 0 fully saturated rings. The average Bonchev–Trinajstić information content (AvgIpc) is 2.56. The molecule has 0 spiro atoms. The summed E-state index contributed by atoms with van der Waals surface area (Å²) in [5, 5.41) is 0. The van der Waals surface area contributed by atoms with Crippen LogP contribution in [0.2, 0.25) is 0 Å². The minimum Gasteiger partial charge on any atom is -0.305 e. The van der Waals surface area contributed by atoms with Gasteiger partial charge in [-0.15, -0.1) is 0 Å². The molecule has 0 unspecified atom stereocenters. The Morgan fingerprint density at radius 1 is 0.741 bits per heavy atom.